The van der Waals surface area contributed by atoms with Crippen molar-refractivity contribution in [3.05, 3.63) is 44.2 Å². The number of unbranched alkanes of at least 4 members (excludes halogenated alkanes) is 24. The standard InChI is InChI=1S/C50H90N8O4/c1-5-7-9-11-13-15-21-27-33-43(35-29-23-17-19-25-31-37-51-49(61)57-47-53-41(3)39-45(59)55-47)44(34-28-22-16-14-12-10-8-6-2)36-30-24-18-20-26-32-38-52-50(62)58-48-54-42(4)40-46(60)56-48/h39-40,43-44H,5-38H2,1-4H3,(H3,51,53,55,57,59,61)(H3,52,54,56,58,60,62). The molecule has 0 aliphatic rings. The number of carbonyl (C=O) groups excluding carboxylic acids is 2. The highest BCUT2D eigenvalue weighted by atomic mass is 16.2. The zero-order valence-electron chi connectivity index (χ0n) is 39.9. The lowest BCUT2D eigenvalue weighted by molar-refractivity contribution is 0.236. The average Bonchev–Trinajstić information content (AvgIpc) is 3.22. The van der Waals surface area contributed by atoms with Crippen molar-refractivity contribution in [1.82, 2.24) is 30.6 Å². The number of aromatic nitrogens is 4. The fourth-order valence-corrected chi connectivity index (χ4v) is 8.77. The van der Waals surface area contributed by atoms with Gasteiger partial charge in [-0.2, -0.15) is 9.97 Å². The molecule has 0 saturated carbocycles. The van der Waals surface area contributed by atoms with Crippen LogP contribution in [0.2, 0.25) is 0 Å². The van der Waals surface area contributed by atoms with Crippen molar-refractivity contribution in [2.45, 2.75) is 233 Å². The highest BCUT2D eigenvalue weighted by molar-refractivity contribution is 5.87. The molecule has 12 heteroatoms. The number of aromatic amines is 2. The van der Waals surface area contributed by atoms with Gasteiger partial charge in [0.1, 0.15) is 0 Å². The molecule has 0 saturated heterocycles. The van der Waals surface area contributed by atoms with Gasteiger partial charge in [-0.05, 0) is 38.5 Å². The molecule has 354 valence electrons. The summed E-state index contributed by atoms with van der Waals surface area (Å²) in [6.07, 6.45) is 41.8. The summed E-state index contributed by atoms with van der Waals surface area (Å²) in [6.45, 7) is 9.33. The van der Waals surface area contributed by atoms with Crippen LogP contribution in [0.1, 0.15) is 231 Å². The summed E-state index contributed by atoms with van der Waals surface area (Å²) < 4.78 is 0. The lowest BCUT2D eigenvalue weighted by Crippen LogP contribution is -2.31. The highest BCUT2D eigenvalue weighted by Crippen LogP contribution is 2.34. The number of hydrogen-bond donors (Lipinski definition) is 6. The monoisotopic (exact) mass is 867 g/mol. The fraction of sp³-hybridized carbons (Fsp3) is 0.800. The second-order valence-electron chi connectivity index (χ2n) is 18.1. The molecule has 0 fully saturated rings. The number of rotatable bonds is 39. The molecule has 62 heavy (non-hydrogen) atoms. The van der Waals surface area contributed by atoms with Gasteiger partial charge in [0.05, 0.1) is 0 Å². The lowest BCUT2D eigenvalue weighted by Gasteiger charge is -2.28. The number of hydrogen-bond acceptors (Lipinski definition) is 6. The quantitative estimate of drug-likeness (QED) is 0.0365. The van der Waals surface area contributed by atoms with Crippen molar-refractivity contribution in [3.8, 4) is 0 Å². The van der Waals surface area contributed by atoms with Gasteiger partial charge in [0.25, 0.3) is 11.1 Å². The van der Waals surface area contributed by atoms with Gasteiger partial charge in [-0.15, -0.1) is 0 Å². The summed E-state index contributed by atoms with van der Waals surface area (Å²) in [7, 11) is 0. The van der Waals surface area contributed by atoms with Crippen LogP contribution in [0.5, 0.6) is 0 Å². The third-order valence-corrected chi connectivity index (χ3v) is 12.3. The normalized spacial score (nSPS) is 12.3. The first kappa shape index (κ1) is 54.4. The van der Waals surface area contributed by atoms with Gasteiger partial charge in [0, 0.05) is 36.6 Å². The van der Waals surface area contributed by atoms with Gasteiger partial charge in [-0.3, -0.25) is 20.2 Å². The lowest BCUT2D eigenvalue weighted by atomic mass is 9.78. The Morgan fingerprint density at radius 2 is 0.726 bits per heavy atom. The Kier molecular flexibility index (Phi) is 32.3. The summed E-state index contributed by atoms with van der Waals surface area (Å²) >= 11 is 0. The smallest absolute Gasteiger partial charge is 0.321 e. The predicted octanol–water partition coefficient (Wildman–Crippen LogP) is 13.2. The van der Waals surface area contributed by atoms with Crippen molar-refractivity contribution >= 4 is 24.0 Å². The molecule has 2 aromatic heterocycles. The van der Waals surface area contributed by atoms with E-state index in [9.17, 15) is 19.2 Å². The Balaban J connectivity index is 1.79. The Bertz CT molecular complexity index is 1430. The van der Waals surface area contributed by atoms with Gasteiger partial charge in [-0.1, -0.05) is 206 Å². The zero-order chi connectivity index (χ0) is 44.9. The van der Waals surface area contributed by atoms with Gasteiger partial charge >= 0.3 is 12.1 Å². The van der Waals surface area contributed by atoms with Crippen LogP contribution < -0.4 is 32.4 Å². The number of amides is 4. The van der Waals surface area contributed by atoms with E-state index in [1.807, 2.05) is 0 Å². The second-order valence-corrected chi connectivity index (χ2v) is 18.1. The molecule has 0 aliphatic carbocycles. The maximum Gasteiger partial charge on any atom is 0.321 e. The molecule has 2 atom stereocenters. The Hall–Kier alpha value is -3.70. The van der Waals surface area contributed by atoms with E-state index in [4.69, 9.17) is 0 Å². The molecule has 2 rings (SSSR count). The fourth-order valence-electron chi connectivity index (χ4n) is 8.77. The number of urea groups is 2. The summed E-state index contributed by atoms with van der Waals surface area (Å²) in [5.41, 5.74) is 0.576. The Morgan fingerprint density at radius 1 is 0.452 bits per heavy atom. The largest absolute Gasteiger partial charge is 0.338 e. The third kappa shape index (κ3) is 29.6. The van der Waals surface area contributed by atoms with E-state index in [1.54, 1.807) is 13.8 Å². The molecule has 6 N–H and O–H groups in total. The van der Waals surface area contributed by atoms with E-state index in [0.717, 1.165) is 37.5 Å². The van der Waals surface area contributed by atoms with E-state index in [0.29, 0.717) is 24.5 Å². The van der Waals surface area contributed by atoms with Crippen LogP contribution in [0.3, 0.4) is 0 Å². The average molecular weight is 867 g/mol. The summed E-state index contributed by atoms with van der Waals surface area (Å²) in [4.78, 5) is 61.1. The van der Waals surface area contributed by atoms with E-state index in [1.165, 1.54) is 192 Å². The van der Waals surface area contributed by atoms with E-state index in [2.05, 4.69) is 55.1 Å². The molecule has 0 aromatic carbocycles. The van der Waals surface area contributed by atoms with Crippen molar-refractivity contribution in [2.24, 2.45) is 11.8 Å². The van der Waals surface area contributed by atoms with Crippen LogP contribution in [-0.4, -0.2) is 45.1 Å². The topological polar surface area (TPSA) is 174 Å². The van der Waals surface area contributed by atoms with Crippen molar-refractivity contribution in [1.29, 1.82) is 0 Å². The molecule has 2 unspecified atom stereocenters. The molecule has 4 amide bonds. The number of aryl methyl sites for hydroxylation is 2. The predicted molar refractivity (Wildman–Crippen MR) is 259 cm³/mol. The van der Waals surface area contributed by atoms with Crippen molar-refractivity contribution in [3.63, 3.8) is 0 Å². The number of nitrogens with zero attached hydrogens (tertiary/aromatic N) is 2. The number of anilines is 2. The summed E-state index contributed by atoms with van der Waals surface area (Å²) in [6, 6.07) is 2.12. The SMILES string of the molecule is CCCCCCCCCCC(CCCCCCCCNC(=O)Nc1nc(=O)cc(C)[nH]1)C(CCCCCCCCCC)CCCCCCCCNC(=O)Nc1nc(=O)cc(C)[nH]1. The molecular formula is C50H90N8O4. The first-order chi connectivity index (χ1) is 30.2. The van der Waals surface area contributed by atoms with Crippen molar-refractivity contribution in [2.75, 3.05) is 23.7 Å². The number of carbonyl (C=O) groups is 2. The maximum absolute atomic E-state index is 12.3. The van der Waals surface area contributed by atoms with Crippen LogP contribution in [0.4, 0.5) is 21.5 Å². The zero-order valence-corrected chi connectivity index (χ0v) is 39.9. The molecule has 2 aromatic rings. The Labute approximate surface area is 376 Å². The molecule has 0 bridgehead atoms. The minimum absolute atomic E-state index is 0.174. The number of nitrogens with one attached hydrogen (secondary N) is 6. The molecule has 0 radical (unpaired) electrons. The summed E-state index contributed by atoms with van der Waals surface area (Å²) in [5.74, 6) is 2.02. The van der Waals surface area contributed by atoms with Crippen LogP contribution in [0.15, 0.2) is 21.7 Å². The van der Waals surface area contributed by atoms with Crippen molar-refractivity contribution < 1.29 is 9.59 Å². The molecular weight excluding hydrogens is 777 g/mol. The second kappa shape index (κ2) is 36.8. The molecule has 12 nitrogen and oxygen atoms in total. The molecule has 2 heterocycles. The van der Waals surface area contributed by atoms with Crippen LogP contribution >= 0.6 is 0 Å². The van der Waals surface area contributed by atoms with E-state index < -0.39 is 0 Å². The third-order valence-electron chi connectivity index (χ3n) is 12.3. The van der Waals surface area contributed by atoms with E-state index in [-0.39, 0.29) is 35.1 Å². The van der Waals surface area contributed by atoms with E-state index >= 15 is 0 Å². The first-order valence-corrected chi connectivity index (χ1v) is 25.5. The van der Waals surface area contributed by atoms with Gasteiger partial charge in [0.2, 0.25) is 11.9 Å². The number of H-pyrrole nitrogens is 2. The first-order valence-electron chi connectivity index (χ1n) is 25.5. The van der Waals surface area contributed by atoms with Gasteiger partial charge in [-0.25, -0.2) is 9.59 Å². The minimum Gasteiger partial charge on any atom is -0.338 e. The summed E-state index contributed by atoms with van der Waals surface area (Å²) in [5, 5.41) is 11.0. The Morgan fingerprint density at radius 3 is 1.02 bits per heavy atom. The van der Waals surface area contributed by atoms with Gasteiger partial charge < -0.3 is 20.6 Å². The van der Waals surface area contributed by atoms with Crippen LogP contribution in [0, 0.1) is 25.7 Å². The molecule has 0 spiro atoms. The van der Waals surface area contributed by atoms with Crippen LogP contribution in [-0.2, 0) is 0 Å². The maximum atomic E-state index is 12.3. The van der Waals surface area contributed by atoms with Gasteiger partial charge in [0.15, 0.2) is 0 Å². The van der Waals surface area contributed by atoms with Crippen LogP contribution in [0.25, 0.3) is 0 Å². The molecule has 0 aliphatic heterocycles. The minimum atomic E-state index is -0.372. The highest BCUT2D eigenvalue weighted by Gasteiger charge is 2.21.